The predicted molar refractivity (Wildman–Crippen MR) is 124 cm³/mol. The normalized spacial score (nSPS) is 17.1. The van der Waals surface area contributed by atoms with Crippen LogP contribution in [0.5, 0.6) is 0 Å². The van der Waals surface area contributed by atoms with Crippen LogP contribution < -0.4 is 5.32 Å². The van der Waals surface area contributed by atoms with Crippen LogP contribution in [0, 0.1) is 0 Å². The van der Waals surface area contributed by atoms with Crippen molar-refractivity contribution >= 4 is 55.0 Å². The Labute approximate surface area is 193 Å². The predicted octanol–water partition coefficient (Wildman–Crippen LogP) is 5.00. The zero-order chi connectivity index (χ0) is 22.3. The number of fused-ring (bicyclic) bond motifs is 1. The number of nitrogens with zero attached hydrogens (tertiary/aromatic N) is 2. The van der Waals surface area contributed by atoms with Crippen LogP contribution in [0.15, 0.2) is 69.3 Å². The first kappa shape index (κ1) is 21.1. The highest BCUT2D eigenvalue weighted by Crippen LogP contribution is 2.31. The number of sulfonamides is 1. The molecular weight excluding hydrogens is 470 g/mol. The number of anilines is 1. The van der Waals surface area contributed by atoms with Gasteiger partial charge >= 0.3 is 0 Å². The molecule has 0 aliphatic carbocycles. The number of thiazole rings is 1. The molecular formula is C22H18ClN3O4S2. The van der Waals surface area contributed by atoms with Gasteiger partial charge in [-0.3, -0.25) is 4.79 Å². The Bertz CT molecular complexity index is 1360. The van der Waals surface area contributed by atoms with E-state index in [-0.39, 0.29) is 11.4 Å². The van der Waals surface area contributed by atoms with Gasteiger partial charge in [-0.05, 0) is 49.2 Å². The molecule has 2 aromatic heterocycles. The number of para-hydroxylation sites is 1. The van der Waals surface area contributed by atoms with Gasteiger partial charge in [0.2, 0.25) is 15.9 Å². The molecule has 32 heavy (non-hydrogen) atoms. The summed E-state index contributed by atoms with van der Waals surface area (Å²) >= 11 is 7.14. The Balaban J connectivity index is 1.34. The van der Waals surface area contributed by atoms with Crippen molar-refractivity contribution in [1.82, 2.24) is 9.29 Å². The van der Waals surface area contributed by atoms with Crippen molar-refractivity contribution in [2.75, 3.05) is 11.9 Å². The largest absolute Gasteiger partial charge is 0.454 e. The van der Waals surface area contributed by atoms with E-state index < -0.39 is 22.0 Å². The fourth-order valence-electron chi connectivity index (χ4n) is 3.77. The van der Waals surface area contributed by atoms with Gasteiger partial charge in [-0.15, -0.1) is 11.3 Å². The smallest absolute Gasteiger partial charge is 0.244 e. The molecule has 4 aromatic rings. The van der Waals surface area contributed by atoms with E-state index in [1.807, 2.05) is 30.3 Å². The molecule has 1 aliphatic rings. The van der Waals surface area contributed by atoms with Crippen molar-refractivity contribution in [2.24, 2.45) is 0 Å². The molecule has 0 radical (unpaired) electrons. The van der Waals surface area contributed by atoms with Crippen molar-refractivity contribution in [3.63, 3.8) is 0 Å². The van der Waals surface area contributed by atoms with Crippen molar-refractivity contribution in [2.45, 2.75) is 23.8 Å². The van der Waals surface area contributed by atoms with E-state index in [4.69, 9.17) is 16.0 Å². The standard InChI is InChI=1S/C22H18ClN3O4S2/c23-15-7-9-16(10-8-15)32(28,29)26-11-3-5-18(26)21(27)25-22-24-17(13-31-22)20-12-14-4-1-2-6-19(14)30-20/h1-2,4,6-10,12-13,18H,3,5,11H2,(H,24,25,27). The summed E-state index contributed by atoms with van der Waals surface area (Å²) in [6, 6.07) is 14.7. The van der Waals surface area contributed by atoms with Crippen molar-refractivity contribution < 1.29 is 17.6 Å². The average molecular weight is 488 g/mol. The molecule has 2 aromatic carbocycles. The molecule has 5 rings (SSSR count). The van der Waals surface area contributed by atoms with Crippen LogP contribution in [0.4, 0.5) is 5.13 Å². The number of carbonyl (C=O) groups excluding carboxylic acids is 1. The third kappa shape index (κ3) is 3.93. The van der Waals surface area contributed by atoms with Gasteiger partial charge in [-0.1, -0.05) is 29.8 Å². The number of hydrogen-bond donors (Lipinski definition) is 1. The number of aromatic nitrogens is 1. The van der Waals surface area contributed by atoms with E-state index in [0.29, 0.717) is 34.5 Å². The van der Waals surface area contributed by atoms with E-state index in [9.17, 15) is 13.2 Å². The second kappa shape index (κ2) is 8.32. The van der Waals surface area contributed by atoms with Gasteiger partial charge in [0.05, 0.1) is 4.90 Å². The SMILES string of the molecule is O=C(Nc1nc(-c2cc3ccccc3o2)cs1)C1CCCN1S(=O)(=O)c1ccc(Cl)cc1. The van der Waals surface area contributed by atoms with Gasteiger partial charge in [0.15, 0.2) is 10.9 Å². The molecule has 1 unspecified atom stereocenters. The van der Waals surface area contributed by atoms with E-state index in [1.54, 1.807) is 5.38 Å². The molecule has 1 aliphatic heterocycles. The van der Waals surface area contributed by atoms with Crippen LogP contribution in [-0.2, 0) is 14.8 Å². The molecule has 1 saturated heterocycles. The Morgan fingerprint density at radius 1 is 1.19 bits per heavy atom. The third-order valence-corrected chi connectivity index (χ3v) is 8.27. The molecule has 1 amide bonds. The Morgan fingerprint density at radius 3 is 2.75 bits per heavy atom. The highest BCUT2D eigenvalue weighted by atomic mass is 35.5. The Morgan fingerprint density at radius 2 is 1.97 bits per heavy atom. The highest BCUT2D eigenvalue weighted by Gasteiger charge is 2.39. The topological polar surface area (TPSA) is 92.5 Å². The molecule has 0 saturated carbocycles. The van der Waals surface area contributed by atoms with Gasteiger partial charge in [-0.25, -0.2) is 13.4 Å². The van der Waals surface area contributed by atoms with E-state index in [0.717, 1.165) is 11.0 Å². The number of halogens is 1. The van der Waals surface area contributed by atoms with Crippen molar-refractivity contribution in [3.05, 3.63) is 65.0 Å². The minimum atomic E-state index is -3.81. The molecule has 7 nitrogen and oxygen atoms in total. The molecule has 1 atom stereocenters. The molecule has 1 fully saturated rings. The number of furan rings is 1. The van der Waals surface area contributed by atoms with Crippen LogP contribution in [0.2, 0.25) is 5.02 Å². The lowest BCUT2D eigenvalue weighted by atomic mass is 10.2. The number of carbonyl (C=O) groups is 1. The first-order valence-corrected chi connectivity index (χ1v) is 12.6. The first-order valence-electron chi connectivity index (χ1n) is 9.94. The lowest BCUT2D eigenvalue weighted by Gasteiger charge is -2.23. The second-order valence-corrected chi connectivity index (χ2v) is 10.6. The summed E-state index contributed by atoms with van der Waals surface area (Å²) in [5.74, 6) is 0.210. The zero-order valence-corrected chi connectivity index (χ0v) is 19.1. The number of benzene rings is 2. The lowest BCUT2D eigenvalue weighted by molar-refractivity contribution is -0.119. The van der Waals surface area contributed by atoms with Gasteiger partial charge in [0, 0.05) is 22.3 Å². The van der Waals surface area contributed by atoms with Crippen LogP contribution in [0.3, 0.4) is 0 Å². The molecule has 10 heteroatoms. The summed E-state index contributed by atoms with van der Waals surface area (Å²) in [6.45, 7) is 0.283. The number of hydrogen-bond acceptors (Lipinski definition) is 6. The van der Waals surface area contributed by atoms with E-state index >= 15 is 0 Å². The van der Waals surface area contributed by atoms with Crippen LogP contribution in [-0.4, -0.2) is 36.2 Å². The maximum atomic E-state index is 13.1. The molecule has 1 N–H and O–H groups in total. The number of amides is 1. The number of rotatable bonds is 5. The Kier molecular flexibility index (Phi) is 5.50. The minimum absolute atomic E-state index is 0.114. The van der Waals surface area contributed by atoms with Crippen LogP contribution in [0.25, 0.3) is 22.4 Å². The minimum Gasteiger partial charge on any atom is -0.454 e. The molecule has 0 spiro atoms. The summed E-state index contributed by atoms with van der Waals surface area (Å²) in [4.78, 5) is 17.5. The summed E-state index contributed by atoms with van der Waals surface area (Å²) < 4.78 is 33.2. The molecule has 164 valence electrons. The van der Waals surface area contributed by atoms with Crippen molar-refractivity contribution in [1.29, 1.82) is 0 Å². The summed E-state index contributed by atoms with van der Waals surface area (Å²) in [5, 5.41) is 6.37. The van der Waals surface area contributed by atoms with E-state index in [1.165, 1.54) is 39.9 Å². The van der Waals surface area contributed by atoms with Gasteiger partial charge in [-0.2, -0.15) is 4.31 Å². The van der Waals surface area contributed by atoms with Crippen LogP contribution in [0.1, 0.15) is 12.8 Å². The third-order valence-electron chi connectivity index (χ3n) is 5.34. The fraction of sp³-hybridized carbons (Fsp3) is 0.182. The quantitative estimate of drug-likeness (QED) is 0.427. The summed E-state index contributed by atoms with van der Waals surface area (Å²) in [7, 11) is -3.81. The van der Waals surface area contributed by atoms with Gasteiger partial charge in [0.25, 0.3) is 0 Å². The maximum absolute atomic E-state index is 13.1. The fourth-order valence-corrected chi connectivity index (χ4v) is 6.26. The van der Waals surface area contributed by atoms with Crippen LogP contribution >= 0.6 is 22.9 Å². The van der Waals surface area contributed by atoms with E-state index in [2.05, 4.69) is 10.3 Å². The monoisotopic (exact) mass is 487 g/mol. The van der Waals surface area contributed by atoms with Crippen molar-refractivity contribution in [3.8, 4) is 11.5 Å². The Hall–Kier alpha value is -2.72. The summed E-state index contributed by atoms with van der Waals surface area (Å²) in [6.07, 6.45) is 1.05. The van der Waals surface area contributed by atoms with Gasteiger partial charge < -0.3 is 9.73 Å². The molecule has 0 bridgehead atoms. The zero-order valence-electron chi connectivity index (χ0n) is 16.7. The van der Waals surface area contributed by atoms with Gasteiger partial charge in [0.1, 0.15) is 17.3 Å². The average Bonchev–Trinajstić information content (AvgIpc) is 3.52. The second-order valence-electron chi connectivity index (χ2n) is 7.40. The highest BCUT2D eigenvalue weighted by molar-refractivity contribution is 7.89. The lowest BCUT2D eigenvalue weighted by Crippen LogP contribution is -2.43. The maximum Gasteiger partial charge on any atom is 0.244 e. The molecule has 3 heterocycles. The first-order chi connectivity index (χ1) is 15.4. The summed E-state index contributed by atoms with van der Waals surface area (Å²) in [5.41, 5.74) is 1.37. The number of nitrogens with one attached hydrogen (secondary N) is 1.